The van der Waals surface area contributed by atoms with Gasteiger partial charge in [-0.25, -0.2) is 0 Å². The molecule has 0 aliphatic carbocycles. The number of carbonyl (C=O) groups excluding carboxylic acids is 1. The number of anilines is 2. The van der Waals surface area contributed by atoms with E-state index >= 15 is 0 Å². The second-order valence-electron chi connectivity index (χ2n) is 6.25. The first-order chi connectivity index (χ1) is 12.5. The van der Waals surface area contributed by atoms with E-state index in [4.69, 9.17) is 11.6 Å². The maximum absolute atomic E-state index is 13.3. The lowest BCUT2D eigenvalue weighted by atomic mass is 10.0. The van der Waals surface area contributed by atoms with Gasteiger partial charge < -0.3 is 5.32 Å². The number of amides is 1. The summed E-state index contributed by atoms with van der Waals surface area (Å²) in [4.78, 5) is 15.1. The Balaban J connectivity index is 1.87. The van der Waals surface area contributed by atoms with Crippen LogP contribution in [-0.4, -0.2) is 5.91 Å². The molecule has 3 aromatic rings. The van der Waals surface area contributed by atoms with E-state index in [-0.39, 0.29) is 12.1 Å². The van der Waals surface area contributed by atoms with Gasteiger partial charge in [-0.15, -0.1) is 0 Å². The van der Waals surface area contributed by atoms with Gasteiger partial charge in [-0.05, 0) is 54.4 Å². The van der Waals surface area contributed by atoms with Crippen molar-refractivity contribution in [2.24, 2.45) is 0 Å². The number of nitrogens with zero attached hydrogens (tertiary/aromatic N) is 1. The molecule has 1 aliphatic heterocycles. The molecular weight excluding hydrogens is 412 g/mol. The number of halogens is 2. The van der Waals surface area contributed by atoms with Crippen LogP contribution in [0.25, 0.3) is 0 Å². The molecule has 0 radical (unpaired) electrons. The zero-order valence-corrected chi connectivity index (χ0v) is 16.4. The number of nitrogens with one attached hydrogen (secondary N) is 1. The van der Waals surface area contributed by atoms with E-state index in [0.29, 0.717) is 10.6 Å². The Morgan fingerprint density at radius 1 is 1.04 bits per heavy atom. The molecule has 1 atom stereocenters. The molecule has 3 aromatic carbocycles. The van der Waals surface area contributed by atoms with Crippen molar-refractivity contribution in [2.45, 2.75) is 13.1 Å². The molecule has 26 heavy (non-hydrogen) atoms. The fourth-order valence-electron chi connectivity index (χ4n) is 3.13. The second kappa shape index (κ2) is 6.78. The normalized spacial score (nSPS) is 16.2. The van der Waals surface area contributed by atoms with Crippen LogP contribution in [0.2, 0.25) is 5.02 Å². The van der Waals surface area contributed by atoms with Crippen LogP contribution in [0.15, 0.2) is 71.2 Å². The summed E-state index contributed by atoms with van der Waals surface area (Å²) in [6, 6.07) is 21.2. The smallest absolute Gasteiger partial charge is 0.262 e. The number of carbonyl (C=O) groups is 1. The molecule has 0 aromatic heterocycles. The topological polar surface area (TPSA) is 32.3 Å². The van der Waals surface area contributed by atoms with Crippen LogP contribution < -0.4 is 10.2 Å². The van der Waals surface area contributed by atoms with Crippen LogP contribution >= 0.6 is 27.5 Å². The Labute approximate surface area is 165 Å². The minimum Gasteiger partial charge on any atom is -0.360 e. The number of aryl methyl sites for hydroxylation is 1. The molecule has 0 saturated heterocycles. The molecule has 0 unspecified atom stereocenters. The summed E-state index contributed by atoms with van der Waals surface area (Å²) in [5.74, 6) is -0.0489. The van der Waals surface area contributed by atoms with Crippen molar-refractivity contribution in [1.82, 2.24) is 0 Å². The lowest BCUT2D eigenvalue weighted by Crippen LogP contribution is -2.43. The highest BCUT2D eigenvalue weighted by molar-refractivity contribution is 9.10. The average Bonchev–Trinajstić information content (AvgIpc) is 2.65. The van der Waals surface area contributed by atoms with Crippen molar-refractivity contribution >= 4 is 44.8 Å². The molecule has 4 rings (SSSR count). The zero-order valence-electron chi connectivity index (χ0n) is 14.0. The van der Waals surface area contributed by atoms with Gasteiger partial charge in [0.05, 0.1) is 5.56 Å². The highest BCUT2D eigenvalue weighted by atomic mass is 79.9. The van der Waals surface area contributed by atoms with Gasteiger partial charge in [0, 0.05) is 20.9 Å². The lowest BCUT2D eigenvalue weighted by Gasteiger charge is -2.38. The van der Waals surface area contributed by atoms with Gasteiger partial charge >= 0.3 is 0 Å². The number of hydrogen-bond acceptors (Lipinski definition) is 2. The van der Waals surface area contributed by atoms with Crippen molar-refractivity contribution in [3.8, 4) is 0 Å². The lowest BCUT2D eigenvalue weighted by molar-refractivity contribution is 0.0975. The van der Waals surface area contributed by atoms with Gasteiger partial charge in [0.1, 0.15) is 6.17 Å². The minimum atomic E-state index is -0.315. The summed E-state index contributed by atoms with van der Waals surface area (Å²) in [5, 5.41) is 4.13. The third kappa shape index (κ3) is 3.00. The van der Waals surface area contributed by atoms with Crippen LogP contribution in [0.1, 0.15) is 27.7 Å². The quantitative estimate of drug-likeness (QED) is 0.529. The Hall–Kier alpha value is -2.30. The van der Waals surface area contributed by atoms with Gasteiger partial charge in [0.25, 0.3) is 5.91 Å². The molecule has 130 valence electrons. The number of para-hydroxylation sites is 1. The van der Waals surface area contributed by atoms with Crippen LogP contribution in [0, 0.1) is 6.92 Å². The minimum absolute atomic E-state index is 0.0489. The largest absolute Gasteiger partial charge is 0.360 e. The van der Waals surface area contributed by atoms with Gasteiger partial charge in [-0.2, -0.15) is 0 Å². The zero-order chi connectivity index (χ0) is 18.3. The van der Waals surface area contributed by atoms with E-state index < -0.39 is 0 Å². The van der Waals surface area contributed by atoms with Gasteiger partial charge in [0.2, 0.25) is 0 Å². The summed E-state index contributed by atoms with van der Waals surface area (Å²) in [6.45, 7) is 1.95. The number of fused-ring (bicyclic) bond motifs is 1. The molecule has 1 amide bonds. The standard InChI is InChI=1S/C21H16BrClN2O/c1-13-6-11-16(12-18(13)23)25-20(14-7-9-15(22)10-8-14)24-19-5-3-2-4-17(19)21(25)26/h2-12,20,24H,1H3/t20-/m0/s1. The first-order valence-corrected chi connectivity index (χ1v) is 9.42. The van der Waals surface area contributed by atoms with E-state index in [1.807, 2.05) is 73.7 Å². The maximum Gasteiger partial charge on any atom is 0.262 e. The predicted octanol–water partition coefficient (Wildman–Crippen LogP) is 6.18. The second-order valence-corrected chi connectivity index (χ2v) is 7.58. The molecule has 3 nitrogen and oxygen atoms in total. The van der Waals surface area contributed by atoms with E-state index in [9.17, 15) is 4.79 Å². The van der Waals surface area contributed by atoms with Crippen molar-refractivity contribution in [3.05, 3.63) is 92.9 Å². The predicted molar refractivity (Wildman–Crippen MR) is 110 cm³/mol. The molecule has 1 heterocycles. The molecular formula is C21H16BrClN2O. The van der Waals surface area contributed by atoms with Gasteiger partial charge in [-0.1, -0.05) is 57.9 Å². The Morgan fingerprint density at radius 3 is 2.50 bits per heavy atom. The first-order valence-electron chi connectivity index (χ1n) is 8.25. The summed E-state index contributed by atoms with van der Waals surface area (Å²) in [7, 11) is 0. The highest BCUT2D eigenvalue weighted by Crippen LogP contribution is 2.38. The van der Waals surface area contributed by atoms with Crippen molar-refractivity contribution in [3.63, 3.8) is 0 Å². The fourth-order valence-corrected chi connectivity index (χ4v) is 3.57. The molecule has 0 fully saturated rings. The van der Waals surface area contributed by atoms with Crippen LogP contribution in [0.3, 0.4) is 0 Å². The number of rotatable bonds is 2. The fraction of sp³-hybridized carbons (Fsp3) is 0.0952. The highest BCUT2D eigenvalue weighted by Gasteiger charge is 2.34. The summed E-state index contributed by atoms with van der Waals surface area (Å²) in [6.07, 6.45) is -0.315. The monoisotopic (exact) mass is 426 g/mol. The molecule has 0 bridgehead atoms. The van der Waals surface area contributed by atoms with Crippen LogP contribution in [0.5, 0.6) is 0 Å². The summed E-state index contributed by atoms with van der Waals surface area (Å²) < 4.78 is 0.994. The summed E-state index contributed by atoms with van der Waals surface area (Å²) >= 11 is 9.80. The van der Waals surface area contributed by atoms with Crippen LogP contribution in [0.4, 0.5) is 11.4 Å². The Kier molecular flexibility index (Phi) is 4.47. The average molecular weight is 428 g/mol. The summed E-state index contributed by atoms with van der Waals surface area (Å²) in [5.41, 5.74) is 4.22. The van der Waals surface area contributed by atoms with Gasteiger partial charge in [0.15, 0.2) is 0 Å². The first kappa shape index (κ1) is 17.1. The third-order valence-electron chi connectivity index (χ3n) is 4.55. The molecule has 0 spiro atoms. The van der Waals surface area contributed by atoms with Crippen LogP contribution in [-0.2, 0) is 0 Å². The maximum atomic E-state index is 13.3. The molecule has 0 saturated carbocycles. The Bertz CT molecular complexity index is 988. The van der Waals surface area contributed by atoms with E-state index in [2.05, 4.69) is 21.2 Å². The molecule has 5 heteroatoms. The van der Waals surface area contributed by atoms with E-state index in [1.165, 1.54) is 0 Å². The number of hydrogen-bond donors (Lipinski definition) is 1. The molecule has 1 aliphatic rings. The Morgan fingerprint density at radius 2 is 1.77 bits per heavy atom. The van der Waals surface area contributed by atoms with Crippen molar-refractivity contribution in [2.75, 3.05) is 10.2 Å². The number of benzene rings is 3. The van der Waals surface area contributed by atoms with Crippen molar-refractivity contribution in [1.29, 1.82) is 0 Å². The van der Waals surface area contributed by atoms with Gasteiger partial charge in [-0.3, -0.25) is 9.69 Å². The third-order valence-corrected chi connectivity index (χ3v) is 5.48. The van der Waals surface area contributed by atoms with E-state index in [0.717, 1.165) is 27.0 Å². The molecule has 1 N–H and O–H groups in total. The van der Waals surface area contributed by atoms with Crippen molar-refractivity contribution < 1.29 is 4.79 Å². The van der Waals surface area contributed by atoms with E-state index in [1.54, 1.807) is 4.90 Å². The SMILES string of the molecule is Cc1ccc(N2C(=O)c3ccccc3N[C@@H]2c2ccc(Br)cc2)cc1Cl.